The van der Waals surface area contributed by atoms with E-state index in [-0.39, 0.29) is 0 Å². The van der Waals surface area contributed by atoms with Gasteiger partial charge >= 0.3 is 0 Å². The zero-order valence-electron chi connectivity index (χ0n) is 5.20. The van der Waals surface area contributed by atoms with Gasteiger partial charge in [-0.2, -0.15) is 4.79 Å². The van der Waals surface area contributed by atoms with Crippen molar-refractivity contribution in [3.05, 3.63) is 5.53 Å². The van der Waals surface area contributed by atoms with Crippen LogP contribution in [0.3, 0.4) is 0 Å². The first kappa shape index (κ1) is 5.52. The van der Waals surface area contributed by atoms with Crippen molar-refractivity contribution in [2.45, 2.75) is 13.8 Å². The van der Waals surface area contributed by atoms with Crippen LogP contribution in [0.25, 0.3) is 5.53 Å². The van der Waals surface area contributed by atoms with Crippen molar-refractivity contribution in [3.8, 4) is 0 Å². The van der Waals surface area contributed by atoms with Crippen molar-refractivity contribution in [3.63, 3.8) is 0 Å². The summed E-state index contributed by atoms with van der Waals surface area (Å²) in [6.07, 6.45) is 1.62. The van der Waals surface area contributed by atoms with E-state index in [4.69, 9.17) is 5.53 Å². The standard InChI is InChI=1S/C6H10N2/c1-4-5(2)6(4)3-8-7/h3-6H,1-2H3/t4-,5-/m1/s1. The average molecular weight is 110 g/mol. The fourth-order valence-electron chi connectivity index (χ4n) is 1.05. The monoisotopic (exact) mass is 110 g/mol. The average Bonchev–Trinajstić information content (AvgIpc) is 2.25. The van der Waals surface area contributed by atoms with E-state index in [1.54, 1.807) is 6.21 Å². The zero-order valence-corrected chi connectivity index (χ0v) is 5.20. The summed E-state index contributed by atoms with van der Waals surface area (Å²) in [5.74, 6) is 2.00. The predicted octanol–water partition coefficient (Wildman–Crippen LogP) is 1.19. The van der Waals surface area contributed by atoms with Crippen LogP contribution in [0, 0.1) is 17.8 Å². The maximum absolute atomic E-state index is 8.08. The van der Waals surface area contributed by atoms with Crippen LogP contribution in [-0.2, 0) is 0 Å². The number of nitrogens with zero attached hydrogens (tertiary/aromatic N) is 2. The first-order valence-electron chi connectivity index (χ1n) is 2.95. The molecule has 2 heteroatoms. The Morgan fingerprint density at radius 3 is 2.00 bits per heavy atom. The molecule has 1 aliphatic rings. The third kappa shape index (κ3) is 0.673. The number of hydrogen-bond donors (Lipinski definition) is 0. The molecular formula is C6H10N2. The molecule has 0 heterocycles. The van der Waals surface area contributed by atoms with Crippen LogP contribution in [0.4, 0.5) is 0 Å². The summed E-state index contributed by atoms with van der Waals surface area (Å²) < 4.78 is 0. The minimum absolute atomic E-state index is 0.542. The summed E-state index contributed by atoms with van der Waals surface area (Å²) in [5.41, 5.74) is 8.08. The van der Waals surface area contributed by atoms with E-state index in [0.29, 0.717) is 5.92 Å². The van der Waals surface area contributed by atoms with Crippen LogP contribution in [0.5, 0.6) is 0 Å². The molecule has 0 aliphatic heterocycles. The first-order valence-corrected chi connectivity index (χ1v) is 2.95. The van der Waals surface area contributed by atoms with E-state index in [0.717, 1.165) is 11.8 Å². The van der Waals surface area contributed by atoms with Crippen molar-refractivity contribution >= 4 is 6.21 Å². The molecule has 1 fully saturated rings. The molecule has 0 radical (unpaired) electrons. The third-order valence-electron chi connectivity index (χ3n) is 2.14. The summed E-state index contributed by atoms with van der Waals surface area (Å²) >= 11 is 0. The Balaban J connectivity index is 2.44. The molecule has 8 heavy (non-hydrogen) atoms. The highest BCUT2D eigenvalue weighted by atomic mass is 14.8. The van der Waals surface area contributed by atoms with Gasteiger partial charge in [0.25, 0.3) is 6.21 Å². The lowest BCUT2D eigenvalue weighted by Crippen LogP contribution is -1.79. The van der Waals surface area contributed by atoms with Crippen molar-refractivity contribution in [1.29, 1.82) is 0 Å². The van der Waals surface area contributed by atoms with Gasteiger partial charge in [0.05, 0.1) is 5.92 Å². The van der Waals surface area contributed by atoms with Gasteiger partial charge in [0, 0.05) is 0 Å². The van der Waals surface area contributed by atoms with Gasteiger partial charge in [-0.05, 0) is 11.8 Å². The lowest BCUT2D eigenvalue weighted by Gasteiger charge is -1.65. The molecule has 0 aromatic carbocycles. The van der Waals surface area contributed by atoms with Gasteiger partial charge in [-0.3, -0.25) is 0 Å². The van der Waals surface area contributed by atoms with Crippen LogP contribution in [0.15, 0.2) is 0 Å². The molecule has 0 bridgehead atoms. The van der Waals surface area contributed by atoms with E-state index in [2.05, 4.69) is 18.6 Å². The van der Waals surface area contributed by atoms with Crippen molar-refractivity contribution in [2.24, 2.45) is 17.8 Å². The highest BCUT2D eigenvalue weighted by molar-refractivity contribution is 5.59. The summed E-state index contributed by atoms with van der Waals surface area (Å²) in [7, 11) is 0. The fourth-order valence-corrected chi connectivity index (χ4v) is 1.05. The molecule has 2 nitrogen and oxygen atoms in total. The topological polar surface area (TPSA) is 36.4 Å². The van der Waals surface area contributed by atoms with Gasteiger partial charge in [-0.15, -0.1) is 0 Å². The van der Waals surface area contributed by atoms with Crippen molar-refractivity contribution in [1.82, 2.24) is 0 Å². The third-order valence-corrected chi connectivity index (χ3v) is 2.14. The molecule has 0 unspecified atom stereocenters. The van der Waals surface area contributed by atoms with Crippen LogP contribution >= 0.6 is 0 Å². The highest BCUT2D eigenvalue weighted by Gasteiger charge is 2.44. The normalized spacial score (nSPS) is 43.0. The van der Waals surface area contributed by atoms with E-state index in [1.807, 2.05) is 0 Å². The highest BCUT2D eigenvalue weighted by Crippen LogP contribution is 2.43. The van der Waals surface area contributed by atoms with Gasteiger partial charge in [-0.1, -0.05) is 13.8 Å². The van der Waals surface area contributed by atoms with Crippen molar-refractivity contribution < 1.29 is 4.79 Å². The molecule has 0 aromatic heterocycles. The Morgan fingerprint density at radius 1 is 1.38 bits per heavy atom. The SMILES string of the molecule is C[C@H]1C(C=[N+]=[N-])[C@@H]1C. The van der Waals surface area contributed by atoms with Gasteiger partial charge in [0.2, 0.25) is 0 Å². The molecule has 0 spiro atoms. The lowest BCUT2D eigenvalue weighted by atomic mass is 10.4. The van der Waals surface area contributed by atoms with Crippen molar-refractivity contribution in [2.75, 3.05) is 0 Å². The minimum atomic E-state index is 0.542. The molecular weight excluding hydrogens is 100 g/mol. The van der Waals surface area contributed by atoms with E-state index >= 15 is 0 Å². The predicted molar refractivity (Wildman–Crippen MR) is 31.5 cm³/mol. The zero-order chi connectivity index (χ0) is 6.15. The fraction of sp³-hybridized carbons (Fsp3) is 0.833. The summed E-state index contributed by atoms with van der Waals surface area (Å²) in [4.78, 5) is 2.97. The molecule has 0 aromatic rings. The Bertz CT molecular complexity index is 127. The second-order valence-corrected chi connectivity index (χ2v) is 2.56. The smallest absolute Gasteiger partial charge is 0.260 e. The largest absolute Gasteiger partial charge is 0.362 e. The Morgan fingerprint density at radius 2 is 1.88 bits per heavy atom. The molecule has 44 valence electrons. The van der Waals surface area contributed by atoms with E-state index in [9.17, 15) is 0 Å². The number of hydrogen-bond acceptors (Lipinski definition) is 0. The Labute approximate surface area is 49.1 Å². The maximum Gasteiger partial charge on any atom is 0.260 e. The van der Waals surface area contributed by atoms with Gasteiger partial charge in [-0.25, -0.2) is 0 Å². The summed E-state index contributed by atoms with van der Waals surface area (Å²) in [5, 5.41) is 0. The molecule has 0 N–H and O–H groups in total. The Kier molecular flexibility index (Phi) is 1.18. The molecule has 1 aliphatic carbocycles. The van der Waals surface area contributed by atoms with E-state index in [1.165, 1.54) is 0 Å². The molecule has 0 amide bonds. The maximum atomic E-state index is 8.08. The molecule has 1 rings (SSSR count). The van der Waals surface area contributed by atoms with Gasteiger partial charge < -0.3 is 5.53 Å². The molecule has 1 saturated carbocycles. The minimum Gasteiger partial charge on any atom is -0.362 e. The first-order chi connectivity index (χ1) is 3.77. The lowest BCUT2D eigenvalue weighted by molar-refractivity contribution is -0.000759. The quantitative estimate of drug-likeness (QED) is 0.276. The second kappa shape index (κ2) is 1.71. The van der Waals surface area contributed by atoms with Gasteiger partial charge in [0.1, 0.15) is 0 Å². The van der Waals surface area contributed by atoms with Crippen LogP contribution in [0.2, 0.25) is 0 Å². The van der Waals surface area contributed by atoms with E-state index < -0.39 is 0 Å². The van der Waals surface area contributed by atoms with Crippen LogP contribution < -0.4 is 0 Å². The van der Waals surface area contributed by atoms with Crippen LogP contribution in [-0.4, -0.2) is 11.0 Å². The number of rotatable bonds is 1. The molecule has 2 atom stereocenters. The summed E-state index contributed by atoms with van der Waals surface area (Å²) in [6.45, 7) is 4.33. The van der Waals surface area contributed by atoms with Gasteiger partial charge in [0.15, 0.2) is 0 Å². The molecule has 0 saturated heterocycles. The van der Waals surface area contributed by atoms with Crippen LogP contribution in [0.1, 0.15) is 13.8 Å². The second-order valence-electron chi connectivity index (χ2n) is 2.56. The summed E-state index contributed by atoms with van der Waals surface area (Å²) in [6, 6.07) is 0. The Hall–Kier alpha value is -0.620.